The highest BCUT2D eigenvalue weighted by atomic mass is 79.9. The van der Waals surface area contributed by atoms with E-state index in [1.165, 1.54) is 0 Å². The number of nitrogens with two attached hydrogens (primary N) is 1. The predicted octanol–water partition coefficient (Wildman–Crippen LogP) is 3.67. The average molecular weight is 376 g/mol. The molecule has 98 valence electrons. The lowest BCUT2D eigenvalue weighted by Crippen LogP contribution is -2.44. The SMILES string of the molecule is CC1(C(=O)Nc2cc(Br)ccc2Br)CCCC1N. The van der Waals surface area contributed by atoms with Crippen LogP contribution in [-0.2, 0) is 4.79 Å². The topological polar surface area (TPSA) is 55.1 Å². The van der Waals surface area contributed by atoms with Crippen molar-refractivity contribution in [3.8, 4) is 0 Å². The van der Waals surface area contributed by atoms with Crippen LogP contribution >= 0.6 is 31.9 Å². The normalized spacial score (nSPS) is 27.2. The van der Waals surface area contributed by atoms with Gasteiger partial charge in [-0.3, -0.25) is 4.79 Å². The van der Waals surface area contributed by atoms with E-state index in [1.54, 1.807) is 0 Å². The zero-order valence-corrected chi connectivity index (χ0v) is 13.3. The summed E-state index contributed by atoms with van der Waals surface area (Å²) in [6.07, 6.45) is 2.79. The predicted molar refractivity (Wildman–Crippen MR) is 80.4 cm³/mol. The molecule has 1 aliphatic rings. The highest BCUT2D eigenvalue weighted by molar-refractivity contribution is 9.11. The Balaban J connectivity index is 2.19. The molecule has 1 aromatic carbocycles. The fourth-order valence-corrected chi connectivity index (χ4v) is 3.04. The minimum absolute atomic E-state index is 0.00583. The Hall–Kier alpha value is -0.390. The summed E-state index contributed by atoms with van der Waals surface area (Å²) >= 11 is 6.83. The smallest absolute Gasteiger partial charge is 0.231 e. The van der Waals surface area contributed by atoms with E-state index in [2.05, 4.69) is 37.2 Å². The molecule has 0 radical (unpaired) electrons. The molecule has 0 heterocycles. The van der Waals surface area contributed by atoms with E-state index in [0.717, 1.165) is 33.9 Å². The Morgan fingerprint density at radius 2 is 2.22 bits per heavy atom. The molecule has 1 aromatic rings. The number of halogens is 2. The molecule has 1 amide bonds. The van der Waals surface area contributed by atoms with Crippen LogP contribution in [0.5, 0.6) is 0 Å². The van der Waals surface area contributed by atoms with Crippen LogP contribution in [0.25, 0.3) is 0 Å². The number of amides is 1. The van der Waals surface area contributed by atoms with E-state index in [0.29, 0.717) is 0 Å². The van der Waals surface area contributed by atoms with E-state index in [4.69, 9.17) is 5.73 Å². The maximum Gasteiger partial charge on any atom is 0.231 e. The van der Waals surface area contributed by atoms with E-state index < -0.39 is 5.41 Å². The molecule has 5 heteroatoms. The van der Waals surface area contributed by atoms with Crippen molar-refractivity contribution >= 4 is 43.5 Å². The molecule has 18 heavy (non-hydrogen) atoms. The summed E-state index contributed by atoms with van der Waals surface area (Å²) in [4.78, 5) is 12.4. The summed E-state index contributed by atoms with van der Waals surface area (Å²) in [6, 6.07) is 5.65. The summed E-state index contributed by atoms with van der Waals surface area (Å²) in [5.41, 5.74) is 6.37. The van der Waals surface area contributed by atoms with Crippen LogP contribution in [0.1, 0.15) is 26.2 Å². The first-order valence-electron chi connectivity index (χ1n) is 5.95. The zero-order chi connectivity index (χ0) is 13.3. The van der Waals surface area contributed by atoms with Crippen molar-refractivity contribution in [2.75, 3.05) is 5.32 Å². The molecule has 0 aliphatic heterocycles. The summed E-state index contributed by atoms with van der Waals surface area (Å²) in [6.45, 7) is 1.95. The lowest BCUT2D eigenvalue weighted by atomic mass is 9.84. The second-order valence-corrected chi connectivity index (χ2v) is 6.76. The second-order valence-electron chi connectivity index (χ2n) is 4.99. The van der Waals surface area contributed by atoms with Gasteiger partial charge in [0.2, 0.25) is 5.91 Å². The summed E-state index contributed by atoms with van der Waals surface area (Å²) < 4.78 is 1.80. The Kier molecular flexibility index (Phi) is 4.14. The van der Waals surface area contributed by atoms with E-state index in [1.807, 2.05) is 25.1 Å². The molecule has 0 saturated heterocycles. The van der Waals surface area contributed by atoms with E-state index in [-0.39, 0.29) is 11.9 Å². The zero-order valence-electron chi connectivity index (χ0n) is 10.2. The molecule has 0 aromatic heterocycles. The molecule has 1 fully saturated rings. The molecular formula is C13H16Br2N2O. The first-order valence-corrected chi connectivity index (χ1v) is 7.54. The Morgan fingerprint density at radius 1 is 1.50 bits per heavy atom. The van der Waals surface area contributed by atoms with Gasteiger partial charge in [-0.15, -0.1) is 0 Å². The van der Waals surface area contributed by atoms with E-state index in [9.17, 15) is 4.79 Å². The van der Waals surface area contributed by atoms with Gasteiger partial charge in [0, 0.05) is 15.0 Å². The van der Waals surface area contributed by atoms with Gasteiger partial charge in [-0.2, -0.15) is 0 Å². The maximum atomic E-state index is 12.4. The molecule has 0 bridgehead atoms. The molecule has 3 nitrogen and oxygen atoms in total. The number of nitrogens with one attached hydrogen (secondary N) is 1. The molecule has 1 aliphatic carbocycles. The Labute approximate surface area is 124 Å². The number of carbonyl (C=O) groups is 1. The van der Waals surface area contributed by atoms with Gasteiger partial charge in [0.05, 0.1) is 11.1 Å². The van der Waals surface area contributed by atoms with Crippen molar-refractivity contribution in [3.05, 3.63) is 27.1 Å². The summed E-state index contributed by atoms with van der Waals surface area (Å²) in [5.74, 6) is 0.00583. The third-order valence-electron chi connectivity index (χ3n) is 3.72. The average Bonchev–Trinajstić information content (AvgIpc) is 2.66. The van der Waals surface area contributed by atoms with Gasteiger partial charge >= 0.3 is 0 Å². The van der Waals surface area contributed by atoms with Crippen LogP contribution in [-0.4, -0.2) is 11.9 Å². The number of hydrogen-bond acceptors (Lipinski definition) is 2. The van der Waals surface area contributed by atoms with Gasteiger partial charge in [0.15, 0.2) is 0 Å². The number of rotatable bonds is 2. The molecular weight excluding hydrogens is 360 g/mol. The number of hydrogen-bond donors (Lipinski definition) is 2. The van der Waals surface area contributed by atoms with Crippen LogP contribution in [0.15, 0.2) is 27.1 Å². The number of benzene rings is 1. The summed E-state index contributed by atoms with van der Waals surface area (Å²) in [5, 5.41) is 2.97. The maximum absolute atomic E-state index is 12.4. The van der Waals surface area contributed by atoms with Crippen molar-refractivity contribution in [3.63, 3.8) is 0 Å². The Bertz CT molecular complexity index is 478. The standard InChI is InChI=1S/C13H16Br2N2O/c1-13(6-2-3-11(13)16)12(18)17-10-7-8(14)4-5-9(10)15/h4-5,7,11H,2-3,6,16H2,1H3,(H,17,18). The fraction of sp³-hybridized carbons (Fsp3) is 0.462. The third kappa shape index (κ3) is 2.63. The highest BCUT2D eigenvalue weighted by Gasteiger charge is 2.43. The van der Waals surface area contributed by atoms with Crippen LogP contribution in [0, 0.1) is 5.41 Å². The molecule has 2 atom stereocenters. The van der Waals surface area contributed by atoms with Crippen molar-refractivity contribution in [2.24, 2.45) is 11.1 Å². The first-order chi connectivity index (χ1) is 8.43. The quantitative estimate of drug-likeness (QED) is 0.828. The van der Waals surface area contributed by atoms with Crippen molar-refractivity contribution in [1.29, 1.82) is 0 Å². The van der Waals surface area contributed by atoms with Crippen molar-refractivity contribution < 1.29 is 4.79 Å². The number of anilines is 1. The Morgan fingerprint density at radius 3 is 2.83 bits per heavy atom. The van der Waals surface area contributed by atoms with Crippen LogP contribution in [0.3, 0.4) is 0 Å². The van der Waals surface area contributed by atoms with Crippen LogP contribution in [0.2, 0.25) is 0 Å². The van der Waals surface area contributed by atoms with Gasteiger partial charge in [-0.1, -0.05) is 22.4 Å². The number of carbonyl (C=O) groups excluding carboxylic acids is 1. The second kappa shape index (κ2) is 5.31. The first kappa shape index (κ1) is 14.0. The van der Waals surface area contributed by atoms with Gasteiger partial charge in [0.25, 0.3) is 0 Å². The van der Waals surface area contributed by atoms with Gasteiger partial charge in [-0.05, 0) is 53.9 Å². The molecule has 3 N–H and O–H groups in total. The van der Waals surface area contributed by atoms with Gasteiger partial charge in [0.1, 0.15) is 0 Å². The third-order valence-corrected chi connectivity index (χ3v) is 4.91. The van der Waals surface area contributed by atoms with E-state index >= 15 is 0 Å². The van der Waals surface area contributed by atoms with Crippen LogP contribution in [0.4, 0.5) is 5.69 Å². The highest BCUT2D eigenvalue weighted by Crippen LogP contribution is 2.38. The monoisotopic (exact) mass is 374 g/mol. The summed E-state index contributed by atoms with van der Waals surface area (Å²) in [7, 11) is 0. The van der Waals surface area contributed by atoms with Gasteiger partial charge < -0.3 is 11.1 Å². The molecule has 2 unspecified atom stereocenters. The van der Waals surface area contributed by atoms with Crippen molar-refractivity contribution in [2.45, 2.75) is 32.2 Å². The largest absolute Gasteiger partial charge is 0.327 e. The minimum atomic E-state index is -0.457. The fourth-order valence-electron chi connectivity index (χ4n) is 2.33. The van der Waals surface area contributed by atoms with Crippen molar-refractivity contribution in [1.82, 2.24) is 0 Å². The molecule has 1 saturated carbocycles. The van der Waals surface area contributed by atoms with Crippen LogP contribution < -0.4 is 11.1 Å². The molecule has 2 rings (SSSR count). The van der Waals surface area contributed by atoms with Gasteiger partial charge in [-0.25, -0.2) is 0 Å². The lowest BCUT2D eigenvalue weighted by Gasteiger charge is -2.27. The lowest BCUT2D eigenvalue weighted by molar-refractivity contribution is -0.125. The minimum Gasteiger partial charge on any atom is -0.327 e. The molecule has 0 spiro atoms.